The van der Waals surface area contributed by atoms with Crippen molar-refractivity contribution in [3.63, 3.8) is 0 Å². The Hall–Kier alpha value is -1.20. The lowest BCUT2D eigenvalue weighted by Crippen LogP contribution is -1.91. The minimum Gasteiger partial charge on any atom is -0.383 e. The summed E-state index contributed by atoms with van der Waals surface area (Å²) in [6, 6.07) is 3.51. The number of halogens is 1. The molecule has 2 nitrogen and oxygen atoms in total. The van der Waals surface area contributed by atoms with Gasteiger partial charge in [-0.1, -0.05) is 5.92 Å². The van der Waals surface area contributed by atoms with E-state index in [1.807, 2.05) is 0 Å². The van der Waals surface area contributed by atoms with Gasteiger partial charge in [-0.05, 0) is 12.1 Å². The highest BCUT2D eigenvalue weighted by Crippen LogP contribution is 2.02. The maximum atomic E-state index is 5.38. The van der Waals surface area contributed by atoms with Crippen LogP contribution < -0.4 is 5.73 Å². The summed E-state index contributed by atoms with van der Waals surface area (Å²) in [5.41, 5.74) is 6.03. The molecule has 0 amide bonds. The van der Waals surface area contributed by atoms with Crippen LogP contribution in [0.1, 0.15) is 5.56 Å². The summed E-state index contributed by atoms with van der Waals surface area (Å²) < 4.78 is 0. The molecule has 0 radical (unpaired) electrons. The van der Waals surface area contributed by atoms with Gasteiger partial charge in [0.2, 0.25) is 0 Å². The molecule has 0 aliphatic heterocycles. The van der Waals surface area contributed by atoms with Gasteiger partial charge in [-0.2, -0.15) is 0 Å². The molecular formula is C7H7ClN2. The monoisotopic (exact) mass is 154 g/mol. The number of aromatic nitrogens is 1. The number of anilines is 1. The molecule has 0 aliphatic rings. The molecule has 10 heavy (non-hydrogen) atoms. The SMILES string of the molecule is C#Cc1cccnc1N.Cl. The number of terminal acetylenes is 1. The summed E-state index contributed by atoms with van der Waals surface area (Å²) >= 11 is 0. The van der Waals surface area contributed by atoms with Crippen molar-refractivity contribution in [2.45, 2.75) is 0 Å². The number of nitrogens with zero attached hydrogens (tertiary/aromatic N) is 1. The molecular weight excluding hydrogens is 148 g/mol. The minimum atomic E-state index is 0. The molecule has 0 unspecified atom stereocenters. The summed E-state index contributed by atoms with van der Waals surface area (Å²) in [4.78, 5) is 3.79. The van der Waals surface area contributed by atoms with Gasteiger partial charge < -0.3 is 5.73 Å². The van der Waals surface area contributed by atoms with E-state index < -0.39 is 0 Å². The predicted molar refractivity (Wildman–Crippen MR) is 43.8 cm³/mol. The summed E-state index contributed by atoms with van der Waals surface area (Å²) in [6.07, 6.45) is 6.69. The van der Waals surface area contributed by atoms with Crippen LogP contribution in [0.3, 0.4) is 0 Å². The van der Waals surface area contributed by atoms with Crippen molar-refractivity contribution in [1.82, 2.24) is 4.98 Å². The maximum absolute atomic E-state index is 5.38. The van der Waals surface area contributed by atoms with Crippen LogP contribution in [0.25, 0.3) is 0 Å². The van der Waals surface area contributed by atoms with Crippen LogP contribution >= 0.6 is 12.4 Å². The molecule has 0 aromatic carbocycles. The number of rotatable bonds is 0. The molecule has 1 aromatic rings. The smallest absolute Gasteiger partial charge is 0.139 e. The van der Waals surface area contributed by atoms with E-state index in [4.69, 9.17) is 12.2 Å². The van der Waals surface area contributed by atoms with Gasteiger partial charge in [-0.3, -0.25) is 0 Å². The Kier molecular flexibility index (Phi) is 3.30. The molecule has 52 valence electrons. The van der Waals surface area contributed by atoms with Crippen LogP contribution in [0.5, 0.6) is 0 Å². The quantitative estimate of drug-likeness (QED) is 0.568. The largest absolute Gasteiger partial charge is 0.383 e. The van der Waals surface area contributed by atoms with Crippen LogP contribution in [-0.4, -0.2) is 4.98 Å². The first-order valence-electron chi connectivity index (χ1n) is 2.51. The van der Waals surface area contributed by atoms with E-state index in [1.54, 1.807) is 18.3 Å². The Morgan fingerprint density at radius 3 is 2.70 bits per heavy atom. The van der Waals surface area contributed by atoms with E-state index in [0.717, 1.165) is 0 Å². The topological polar surface area (TPSA) is 38.9 Å². The van der Waals surface area contributed by atoms with Crippen molar-refractivity contribution < 1.29 is 0 Å². The van der Waals surface area contributed by atoms with Crippen molar-refractivity contribution in [1.29, 1.82) is 0 Å². The van der Waals surface area contributed by atoms with Gasteiger partial charge in [0, 0.05) is 6.20 Å². The molecule has 1 rings (SSSR count). The number of nitrogen functional groups attached to an aromatic ring is 1. The van der Waals surface area contributed by atoms with Crippen molar-refractivity contribution in [2.75, 3.05) is 5.73 Å². The van der Waals surface area contributed by atoms with Gasteiger partial charge in [0.15, 0.2) is 0 Å². The van der Waals surface area contributed by atoms with Crippen LogP contribution in [0.2, 0.25) is 0 Å². The van der Waals surface area contributed by atoms with Crippen molar-refractivity contribution in [3.05, 3.63) is 23.9 Å². The Morgan fingerprint density at radius 1 is 1.60 bits per heavy atom. The van der Waals surface area contributed by atoms with Crippen LogP contribution in [-0.2, 0) is 0 Å². The van der Waals surface area contributed by atoms with E-state index in [1.165, 1.54) is 0 Å². The van der Waals surface area contributed by atoms with Crippen LogP contribution in [0.4, 0.5) is 5.82 Å². The van der Waals surface area contributed by atoms with E-state index in [-0.39, 0.29) is 12.4 Å². The van der Waals surface area contributed by atoms with Gasteiger partial charge >= 0.3 is 0 Å². The highest BCUT2D eigenvalue weighted by Gasteiger charge is 1.90. The Bertz CT molecular complexity index is 252. The maximum Gasteiger partial charge on any atom is 0.139 e. The zero-order chi connectivity index (χ0) is 6.69. The van der Waals surface area contributed by atoms with Crippen molar-refractivity contribution >= 4 is 18.2 Å². The molecule has 0 fully saturated rings. The van der Waals surface area contributed by atoms with E-state index in [9.17, 15) is 0 Å². The molecule has 0 saturated heterocycles. The fourth-order valence-corrected chi connectivity index (χ4v) is 0.540. The lowest BCUT2D eigenvalue weighted by atomic mass is 10.3. The van der Waals surface area contributed by atoms with Gasteiger partial charge in [-0.25, -0.2) is 4.98 Å². The number of nitrogens with two attached hydrogens (primary N) is 1. The van der Waals surface area contributed by atoms with E-state index in [0.29, 0.717) is 11.4 Å². The van der Waals surface area contributed by atoms with Crippen LogP contribution in [0.15, 0.2) is 18.3 Å². The number of pyridine rings is 1. The van der Waals surface area contributed by atoms with Crippen LogP contribution in [0, 0.1) is 12.3 Å². The molecule has 1 heterocycles. The highest BCUT2D eigenvalue weighted by atomic mass is 35.5. The van der Waals surface area contributed by atoms with Gasteiger partial charge in [-0.15, -0.1) is 18.8 Å². The standard InChI is InChI=1S/C7H6N2.ClH/c1-2-6-4-3-5-9-7(6)8;/h1,3-5H,(H2,8,9);1H. The lowest BCUT2D eigenvalue weighted by Gasteiger charge is -1.91. The molecule has 0 spiro atoms. The van der Waals surface area contributed by atoms with E-state index in [2.05, 4.69) is 10.9 Å². The summed E-state index contributed by atoms with van der Waals surface area (Å²) in [7, 11) is 0. The lowest BCUT2D eigenvalue weighted by molar-refractivity contribution is 1.32. The second-order valence-corrected chi connectivity index (χ2v) is 1.58. The fourth-order valence-electron chi connectivity index (χ4n) is 0.540. The van der Waals surface area contributed by atoms with Gasteiger partial charge in [0.25, 0.3) is 0 Å². The Balaban J connectivity index is 0.000000810. The Morgan fingerprint density at radius 2 is 2.30 bits per heavy atom. The first-order chi connectivity index (χ1) is 4.34. The van der Waals surface area contributed by atoms with E-state index >= 15 is 0 Å². The zero-order valence-electron chi connectivity index (χ0n) is 5.24. The minimum absolute atomic E-state index is 0. The predicted octanol–water partition coefficient (Wildman–Crippen LogP) is 1.07. The van der Waals surface area contributed by atoms with Gasteiger partial charge in [0.1, 0.15) is 5.82 Å². The summed E-state index contributed by atoms with van der Waals surface area (Å²) in [6.45, 7) is 0. The third-order valence-electron chi connectivity index (χ3n) is 0.994. The van der Waals surface area contributed by atoms with Crippen molar-refractivity contribution in [2.24, 2.45) is 0 Å². The molecule has 0 bridgehead atoms. The fraction of sp³-hybridized carbons (Fsp3) is 0. The van der Waals surface area contributed by atoms with Crippen molar-refractivity contribution in [3.8, 4) is 12.3 Å². The number of hydrogen-bond acceptors (Lipinski definition) is 2. The third-order valence-corrected chi connectivity index (χ3v) is 0.994. The first kappa shape index (κ1) is 8.80. The molecule has 3 heteroatoms. The average molecular weight is 155 g/mol. The third kappa shape index (κ3) is 1.64. The summed E-state index contributed by atoms with van der Waals surface area (Å²) in [5.74, 6) is 2.82. The highest BCUT2D eigenvalue weighted by molar-refractivity contribution is 5.85. The first-order valence-corrected chi connectivity index (χ1v) is 2.51. The Labute approximate surface area is 65.9 Å². The summed E-state index contributed by atoms with van der Waals surface area (Å²) in [5, 5.41) is 0. The number of hydrogen-bond donors (Lipinski definition) is 1. The molecule has 1 aromatic heterocycles. The zero-order valence-corrected chi connectivity index (χ0v) is 6.06. The molecule has 0 saturated carbocycles. The second-order valence-electron chi connectivity index (χ2n) is 1.58. The van der Waals surface area contributed by atoms with Gasteiger partial charge in [0.05, 0.1) is 5.56 Å². The molecule has 0 atom stereocenters. The molecule has 0 aliphatic carbocycles. The normalized spacial score (nSPS) is 7.50. The average Bonchev–Trinajstić information content (AvgIpc) is 1.89. The molecule has 2 N–H and O–H groups in total. The second kappa shape index (κ2) is 3.76.